The summed E-state index contributed by atoms with van der Waals surface area (Å²) in [5.74, 6) is 1.79. The van der Waals surface area contributed by atoms with E-state index in [1.54, 1.807) is 6.08 Å². The molecule has 0 aromatic rings. The summed E-state index contributed by atoms with van der Waals surface area (Å²) < 4.78 is 0. The van der Waals surface area contributed by atoms with Crippen LogP contribution in [-0.2, 0) is 9.59 Å². The zero-order chi connectivity index (χ0) is 15.7. The molecular formula is C20H24O2. The number of ketones is 2. The summed E-state index contributed by atoms with van der Waals surface area (Å²) in [6.07, 6.45) is 12.0. The molecule has 0 radical (unpaired) electrons. The molecule has 4 aliphatic carbocycles. The lowest BCUT2D eigenvalue weighted by Gasteiger charge is -2.50. The minimum absolute atomic E-state index is 0.0902. The van der Waals surface area contributed by atoms with Gasteiger partial charge in [-0.15, -0.1) is 0 Å². The summed E-state index contributed by atoms with van der Waals surface area (Å²) in [4.78, 5) is 24.4. The van der Waals surface area contributed by atoms with Crippen LogP contribution in [0.3, 0.4) is 0 Å². The quantitative estimate of drug-likeness (QED) is 0.632. The molecule has 4 aliphatic rings. The third-order valence-electron chi connectivity index (χ3n) is 6.96. The molecule has 116 valence electrons. The maximum absolute atomic E-state index is 12.6. The van der Waals surface area contributed by atoms with E-state index in [0.717, 1.165) is 25.7 Å². The third-order valence-corrected chi connectivity index (χ3v) is 6.96. The largest absolute Gasteiger partial charge is 0.299 e. The first-order valence-corrected chi connectivity index (χ1v) is 8.55. The Kier molecular flexibility index (Phi) is 2.77. The number of carbonyl (C=O) groups is 2. The van der Waals surface area contributed by atoms with Crippen LogP contribution in [0.2, 0.25) is 0 Å². The summed E-state index contributed by atoms with van der Waals surface area (Å²) in [5.41, 5.74) is 2.49. The van der Waals surface area contributed by atoms with Gasteiger partial charge in [-0.25, -0.2) is 0 Å². The van der Waals surface area contributed by atoms with Gasteiger partial charge in [0.15, 0.2) is 5.78 Å². The predicted octanol–water partition coefficient (Wildman–Crippen LogP) is 4.03. The fraction of sp³-hybridized carbons (Fsp3) is 0.600. The van der Waals surface area contributed by atoms with Crippen molar-refractivity contribution in [3.05, 3.63) is 35.5 Å². The molecule has 2 fully saturated rings. The summed E-state index contributed by atoms with van der Waals surface area (Å²) in [6.45, 7) is 6.54. The zero-order valence-corrected chi connectivity index (χ0v) is 13.7. The van der Waals surface area contributed by atoms with Gasteiger partial charge in [-0.05, 0) is 56.6 Å². The van der Waals surface area contributed by atoms with E-state index in [-0.39, 0.29) is 22.5 Å². The Morgan fingerprint density at radius 2 is 2.00 bits per heavy atom. The van der Waals surface area contributed by atoms with Crippen molar-refractivity contribution in [3.63, 3.8) is 0 Å². The first-order valence-electron chi connectivity index (χ1n) is 8.55. The standard InChI is InChI=1S/C20H24O2/c1-12-10-17-15-5-4-13-11-14(21)6-8-19(13,2)16(15)7-9-20(17,3)18(12)22/h6-8,11-12,15,17H,4-5,9-10H2,1-3H3/t12-,15+,17-,19-,20-/m0/s1. The van der Waals surface area contributed by atoms with Crippen LogP contribution >= 0.6 is 0 Å². The summed E-state index contributed by atoms with van der Waals surface area (Å²) in [6, 6.07) is 0. The number of carbonyl (C=O) groups excluding carboxylic acids is 2. The average Bonchev–Trinajstić information content (AvgIpc) is 2.72. The van der Waals surface area contributed by atoms with Crippen molar-refractivity contribution >= 4 is 11.6 Å². The second-order valence-electron chi connectivity index (χ2n) is 8.14. The van der Waals surface area contributed by atoms with Crippen molar-refractivity contribution in [1.82, 2.24) is 0 Å². The topological polar surface area (TPSA) is 34.1 Å². The maximum Gasteiger partial charge on any atom is 0.178 e. The van der Waals surface area contributed by atoms with Crippen LogP contribution < -0.4 is 0 Å². The highest BCUT2D eigenvalue weighted by molar-refractivity contribution is 6.01. The highest BCUT2D eigenvalue weighted by atomic mass is 16.1. The second kappa shape index (κ2) is 4.31. The molecule has 0 saturated heterocycles. The predicted molar refractivity (Wildman–Crippen MR) is 86.1 cm³/mol. The first-order chi connectivity index (χ1) is 10.4. The molecule has 2 saturated carbocycles. The molecule has 0 spiro atoms. The zero-order valence-electron chi connectivity index (χ0n) is 13.7. The Bertz CT molecular complexity index is 665. The molecular weight excluding hydrogens is 272 g/mol. The Balaban J connectivity index is 1.79. The van der Waals surface area contributed by atoms with Crippen molar-refractivity contribution in [1.29, 1.82) is 0 Å². The van der Waals surface area contributed by atoms with Gasteiger partial charge in [0.2, 0.25) is 0 Å². The maximum atomic E-state index is 12.6. The number of rotatable bonds is 0. The minimum atomic E-state index is -0.153. The smallest absolute Gasteiger partial charge is 0.178 e. The highest BCUT2D eigenvalue weighted by Crippen LogP contribution is 2.61. The molecule has 2 heteroatoms. The van der Waals surface area contributed by atoms with Crippen LogP contribution in [0.25, 0.3) is 0 Å². The molecule has 2 nitrogen and oxygen atoms in total. The molecule has 0 unspecified atom stereocenters. The van der Waals surface area contributed by atoms with E-state index in [0.29, 0.717) is 17.6 Å². The summed E-state index contributed by atoms with van der Waals surface area (Å²) in [5, 5.41) is 0. The Labute approximate surface area is 132 Å². The van der Waals surface area contributed by atoms with Crippen LogP contribution in [0, 0.1) is 28.6 Å². The molecule has 0 aliphatic heterocycles. The fourth-order valence-corrected chi connectivity index (χ4v) is 5.65. The lowest BCUT2D eigenvalue weighted by atomic mass is 9.53. The van der Waals surface area contributed by atoms with Gasteiger partial charge in [-0.3, -0.25) is 9.59 Å². The van der Waals surface area contributed by atoms with Crippen LogP contribution in [0.15, 0.2) is 35.5 Å². The van der Waals surface area contributed by atoms with E-state index in [1.165, 1.54) is 11.1 Å². The number of hydrogen-bond donors (Lipinski definition) is 0. The van der Waals surface area contributed by atoms with E-state index in [9.17, 15) is 9.59 Å². The van der Waals surface area contributed by atoms with Crippen LogP contribution in [-0.4, -0.2) is 11.6 Å². The van der Waals surface area contributed by atoms with E-state index in [2.05, 4.69) is 32.9 Å². The lowest BCUT2D eigenvalue weighted by molar-refractivity contribution is -0.129. The number of hydrogen-bond acceptors (Lipinski definition) is 2. The van der Waals surface area contributed by atoms with E-state index >= 15 is 0 Å². The van der Waals surface area contributed by atoms with Gasteiger partial charge in [0.1, 0.15) is 5.78 Å². The van der Waals surface area contributed by atoms with Crippen molar-refractivity contribution in [3.8, 4) is 0 Å². The number of Topliss-reactive ketones (excluding diaryl/α,β-unsaturated/α-hetero) is 1. The van der Waals surface area contributed by atoms with E-state index < -0.39 is 0 Å². The van der Waals surface area contributed by atoms with E-state index in [1.807, 2.05) is 6.08 Å². The molecule has 0 N–H and O–H groups in total. The summed E-state index contributed by atoms with van der Waals surface area (Å²) >= 11 is 0. The van der Waals surface area contributed by atoms with Crippen molar-refractivity contribution in [2.45, 2.75) is 46.5 Å². The van der Waals surface area contributed by atoms with Crippen molar-refractivity contribution < 1.29 is 9.59 Å². The van der Waals surface area contributed by atoms with Gasteiger partial charge in [0.05, 0.1) is 0 Å². The molecule has 0 amide bonds. The Morgan fingerprint density at radius 3 is 2.77 bits per heavy atom. The second-order valence-corrected chi connectivity index (χ2v) is 8.14. The highest BCUT2D eigenvalue weighted by Gasteiger charge is 2.57. The number of fused-ring (bicyclic) bond motifs is 5. The SMILES string of the molecule is C[C@H]1C[C@H]2[C@@H]3CCC4=CC(=O)C=C[C@]4(C)C3=CC[C@]2(C)C1=O. The van der Waals surface area contributed by atoms with E-state index in [4.69, 9.17) is 0 Å². The van der Waals surface area contributed by atoms with Crippen LogP contribution in [0.5, 0.6) is 0 Å². The molecule has 0 bridgehead atoms. The third kappa shape index (κ3) is 1.61. The molecule has 0 aromatic heterocycles. The van der Waals surface area contributed by atoms with Gasteiger partial charge in [0, 0.05) is 16.7 Å². The molecule has 0 heterocycles. The molecule has 5 atom stereocenters. The summed E-state index contributed by atoms with van der Waals surface area (Å²) in [7, 11) is 0. The average molecular weight is 296 g/mol. The lowest BCUT2D eigenvalue weighted by Crippen LogP contribution is -2.43. The Morgan fingerprint density at radius 1 is 1.23 bits per heavy atom. The monoisotopic (exact) mass is 296 g/mol. The fourth-order valence-electron chi connectivity index (χ4n) is 5.65. The van der Waals surface area contributed by atoms with Gasteiger partial charge < -0.3 is 0 Å². The van der Waals surface area contributed by atoms with Gasteiger partial charge in [-0.1, -0.05) is 37.1 Å². The van der Waals surface area contributed by atoms with Crippen LogP contribution in [0.4, 0.5) is 0 Å². The van der Waals surface area contributed by atoms with Crippen molar-refractivity contribution in [2.75, 3.05) is 0 Å². The van der Waals surface area contributed by atoms with Gasteiger partial charge in [-0.2, -0.15) is 0 Å². The van der Waals surface area contributed by atoms with Gasteiger partial charge >= 0.3 is 0 Å². The van der Waals surface area contributed by atoms with Gasteiger partial charge in [0.25, 0.3) is 0 Å². The molecule has 4 rings (SSSR count). The molecule has 22 heavy (non-hydrogen) atoms. The first kappa shape index (κ1) is 14.2. The number of allylic oxidation sites excluding steroid dienone is 6. The Hall–Kier alpha value is -1.44. The van der Waals surface area contributed by atoms with Crippen LogP contribution in [0.1, 0.15) is 46.5 Å². The van der Waals surface area contributed by atoms with Crippen molar-refractivity contribution in [2.24, 2.45) is 28.6 Å². The normalized spacial score (nSPS) is 46.6. The molecule has 0 aromatic carbocycles. The minimum Gasteiger partial charge on any atom is -0.299 e.